The first-order valence-corrected chi connectivity index (χ1v) is 9.70. The minimum absolute atomic E-state index is 0.258. The predicted molar refractivity (Wildman–Crippen MR) is 107 cm³/mol. The van der Waals surface area contributed by atoms with Crippen molar-refractivity contribution in [2.45, 2.75) is 44.2 Å². The van der Waals surface area contributed by atoms with Crippen LogP contribution in [0.5, 0.6) is 0 Å². The van der Waals surface area contributed by atoms with Gasteiger partial charge in [0.15, 0.2) is 0 Å². The normalized spacial score (nSPS) is 22.0. The van der Waals surface area contributed by atoms with Crippen LogP contribution in [0, 0.1) is 5.92 Å². The van der Waals surface area contributed by atoms with E-state index in [-0.39, 0.29) is 19.1 Å². The summed E-state index contributed by atoms with van der Waals surface area (Å²) in [7, 11) is 1.75. The molecule has 0 aromatic rings. The lowest BCUT2D eigenvalue weighted by molar-refractivity contribution is -0.0270. The summed E-state index contributed by atoms with van der Waals surface area (Å²) in [6, 6.07) is 0. The molecule has 1 heterocycles. The van der Waals surface area contributed by atoms with Gasteiger partial charge in [0.05, 0.1) is 18.9 Å². The zero-order chi connectivity index (χ0) is 19.5. The number of aliphatic hydroxyl groups is 3. The van der Waals surface area contributed by atoms with Crippen LogP contribution in [0.25, 0.3) is 0 Å². The number of nitrogens with zero attached hydrogens (tertiary/aromatic N) is 1. The third-order valence-corrected chi connectivity index (χ3v) is 4.78. The summed E-state index contributed by atoms with van der Waals surface area (Å²) < 4.78 is 0. The first-order valence-electron chi connectivity index (χ1n) is 9.70. The quantitative estimate of drug-likeness (QED) is 0.166. The van der Waals surface area contributed by atoms with Gasteiger partial charge in [-0.15, -0.1) is 0 Å². The zero-order valence-electron chi connectivity index (χ0n) is 16.1. The van der Waals surface area contributed by atoms with E-state index in [0.29, 0.717) is 12.6 Å². The standard InChI is InChI=1S/C20H34N4O3/c1-24(14-18(26)15-25)20(27)13-16-6-8-17(9-7-16)21-10-4-2-3-5-19-22-11-12-23-19/h2-3,6,8-9,11-12,16,18-23,25-27H,4-5,7,10,13-15H2,1H3/b3-2-/t16?,18-,20?/m0/s1. The van der Waals surface area contributed by atoms with E-state index in [2.05, 4.69) is 46.3 Å². The highest BCUT2D eigenvalue weighted by molar-refractivity contribution is 5.22. The van der Waals surface area contributed by atoms with Crippen LogP contribution < -0.4 is 16.0 Å². The molecule has 3 atom stereocenters. The molecule has 0 fully saturated rings. The van der Waals surface area contributed by atoms with E-state index in [1.165, 1.54) is 0 Å². The maximum absolute atomic E-state index is 10.2. The van der Waals surface area contributed by atoms with Gasteiger partial charge in [-0.1, -0.05) is 24.3 Å². The van der Waals surface area contributed by atoms with Crippen LogP contribution in [0.2, 0.25) is 0 Å². The minimum atomic E-state index is -0.821. The van der Waals surface area contributed by atoms with Crippen LogP contribution in [-0.4, -0.2) is 65.5 Å². The van der Waals surface area contributed by atoms with Crippen molar-refractivity contribution >= 4 is 0 Å². The average molecular weight is 379 g/mol. The summed E-state index contributed by atoms with van der Waals surface area (Å²) in [6.07, 6.45) is 16.9. The van der Waals surface area contributed by atoms with Crippen LogP contribution in [0.4, 0.5) is 0 Å². The van der Waals surface area contributed by atoms with Crippen LogP contribution in [-0.2, 0) is 0 Å². The van der Waals surface area contributed by atoms with Gasteiger partial charge in [-0.2, -0.15) is 0 Å². The number of allylic oxidation sites excluding steroid dienone is 3. The smallest absolute Gasteiger partial charge is 0.107 e. The largest absolute Gasteiger partial charge is 0.394 e. The van der Waals surface area contributed by atoms with Crippen molar-refractivity contribution in [3.8, 4) is 0 Å². The molecule has 152 valence electrons. The van der Waals surface area contributed by atoms with Crippen molar-refractivity contribution in [1.82, 2.24) is 20.9 Å². The van der Waals surface area contributed by atoms with Crippen LogP contribution in [0.1, 0.15) is 25.7 Å². The Morgan fingerprint density at radius 3 is 2.74 bits per heavy atom. The van der Waals surface area contributed by atoms with Gasteiger partial charge >= 0.3 is 0 Å². The fourth-order valence-electron chi connectivity index (χ4n) is 3.10. The van der Waals surface area contributed by atoms with E-state index < -0.39 is 12.3 Å². The van der Waals surface area contributed by atoms with Crippen molar-refractivity contribution < 1.29 is 15.3 Å². The zero-order valence-corrected chi connectivity index (χ0v) is 16.1. The SMILES string of the molecule is CN(C[C@H](O)CO)C(O)CC1C=CC(NCC/C=C\CC2NC=CN2)=CC1. The summed E-state index contributed by atoms with van der Waals surface area (Å²) in [6.45, 7) is 0.859. The first-order chi connectivity index (χ1) is 13.1. The van der Waals surface area contributed by atoms with E-state index in [9.17, 15) is 10.2 Å². The van der Waals surface area contributed by atoms with E-state index in [1.54, 1.807) is 11.9 Å². The fraction of sp³-hybridized carbons (Fsp3) is 0.600. The summed E-state index contributed by atoms with van der Waals surface area (Å²) in [5.41, 5.74) is 1.13. The van der Waals surface area contributed by atoms with E-state index >= 15 is 0 Å². The molecule has 1 aliphatic heterocycles. The maximum Gasteiger partial charge on any atom is 0.107 e. The molecular weight excluding hydrogens is 344 g/mol. The van der Waals surface area contributed by atoms with Gasteiger partial charge in [-0.25, -0.2) is 0 Å². The second-order valence-corrected chi connectivity index (χ2v) is 7.15. The van der Waals surface area contributed by atoms with Gasteiger partial charge in [-0.3, -0.25) is 4.90 Å². The molecule has 6 N–H and O–H groups in total. The molecule has 0 saturated heterocycles. The Labute approximate surface area is 162 Å². The fourth-order valence-corrected chi connectivity index (χ4v) is 3.10. The van der Waals surface area contributed by atoms with Gasteiger partial charge in [0.2, 0.25) is 0 Å². The molecule has 0 spiro atoms. The van der Waals surface area contributed by atoms with Crippen molar-refractivity contribution in [2.24, 2.45) is 5.92 Å². The highest BCUT2D eigenvalue weighted by Gasteiger charge is 2.19. The van der Waals surface area contributed by atoms with Crippen LogP contribution in [0.3, 0.4) is 0 Å². The summed E-state index contributed by atoms with van der Waals surface area (Å²) >= 11 is 0. The highest BCUT2D eigenvalue weighted by Crippen LogP contribution is 2.21. The summed E-state index contributed by atoms with van der Waals surface area (Å²) in [4.78, 5) is 1.67. The molecule has 2 rings (SSSR count). The topological polar surface area (TPSA) is 100 Å². The average Bonchev–Trinajstić information content (AvgIpc) is 3.19. The van der Waals surface area contributed by atoms with Gasteiger partial charge in [0, 0.05) is 37.6 Å². The molecule has 0 bridgehead atoms. The van der Waals surface area contributed by atoms with Crippen LogP contribution in [0.15, 0.2) is 48.5 Å². The third kappa shape index (κ3) is 8.17. The molecule has 27 heavy (non-hydrogen) atoms. The Kier molecular flexibility index (Phi) is 9.41. The van der Waals surface area contributed by atoms with E-state index in [4.69, 9.17) is 5.11 Å². The van der Waals surface area contributed by atoms with E-state index in [0.717, 1.165) is 31.5 Å². The Bertz CT molecular complexity index is 539. The van der Waals surface area contributed by atoms with Crippen LogP contribution >= 0.6 is 0 Å². The predicted octanol–water partition coefficient (Wildman–Crippen LogP) is 0.356. The number of nitrogens with one attached hydrogen (secondary N) is 3. The molecule has 7 heteroatoms. The molecule has 0 radical (unpaired) electrons. The van der Waals surface area contributed by atoms with Gasteiger partial charge in [0.25, 0.3) is 0 Å². The Balaban J connectivity index is 1.57. The monoisotopic (exact) mass is 378 g/mol. The lowest BCUT2D eigenvalue weighted by Gasteiger charge is -2.28. The van der Waals surface area contributed by atoms with Crippen molar-refractivity contribution in [3.63, 3.8) is 0 Å². The van der Waals surface area contributed by atoms with Crippen molar-refractivity contribution in [2.75, 3.05) is 26.7 Å². The molecular formula is C20H34N4O3. The molecule has 0 aromatic carbocycles. The molecule has 0 aromatic heterocycles. The molecule has 2 unspecified atom stereocenters. The molecule has 0 amide bonds. The van der Waals surface area contributed by atoms with Crippen molar-refractivity contribution in [3.05, 3.63) is 48.5 Å². The number of likely N-dealkylation sites (N-methyl/N-ethyl adjacent to an activating group) is 1. The molecule has 0 saturated carbocycles. The second kappa shape index (κ2) is 11.8. The van der Waals surface area contributed by atoms with Crippen molar-refractivity contribution in [1.29, 1.82) is 0 Å². The molecule has 1 aliphatic carbocycles. The lowest BCUT2D eigenvalue weighted by Crippen LogP contribution is -2.39. The third-order valence-electron chi connectivity index (χ3n) is 4.78. The second-order valence-electron chi connectivity index (χ2n) is 7.15. The number of hydrogen-bond donors (Lipinski definition) is 6. The Morgan fingerprint density at radius 1 is 1.30 bits per heavy atom. The molecule has 2 aliphatic rings. The minimum Gasteiger partial charge on any atom is -0.394 e. The molecule has 7 nitrogen and oxygen atoms in total. The number of hydrogen-bond acceptors (Lipinski definition) is 7. The Morgan fingerprint density at radius 2 is 2.07 bits per heavy atom. The number of aliphatic hydroxyl groups excluding tert-OH is 3. The summed E-state index contributed by atoms with van der Waals surface area (Å²) in [5, 5.41) is 38.4. The highest BCUT2D eigenvalue weighted by atomic mass is 16.3. The number of rotatable bonds is 12. The van der Waals surface area contributed by atoms with E-state index in [1.807, 2.05) is 12.4 Å². The first kappa shape index (κ1) is 21.5. The maximum atomic E-state index is 10.2. The van der Waals surface area contributed by atoms with Gasteiger partial charge < -0.3 is 31.3 Å². The summed E-state index contributed by atoms with van der Waals surface area (Å²) in [5.74, 6) is 0.277. The van der Waals surface area contributed by atoms with Gasteiger partial charge in [0.1, 0.15) is 6.23 Å². The van der Waals surface area contributed by atoms with Gasteiger partial charge in [-0.05, 0) is 38.3 Å². The Hall–Kier alpha value is -1.80. The lowest BCUT2D eigenvalue weighted by atomic mass is 9.95.